The van der Waals surface area contributed by atoms with E-state index in [0.717, 1.165) is 64.6 Å². The van der Waals surface area contributed by atoms with Gasteiger partial charge in [-0.05, 0) is 83.9 Å². The fraction of sp³-hybridized carbons (Fsp3) is 1.00. The zero-order valence-electron chi connectivity index (χ0n) is 26.4. The molecule has 0 radical (unpaired) electrons. The molecule has 1 fully saturated rings. The summed E-state index contributed by atoms with van der Waals surface area (Å²) in [5, 5.41) is 0. The van der Waals surface area contributed by atoms with Gasteiger partial charge in [0, 0.05) is 0 Å². The van der Waals surface area contributed by atoms with Crippen LogP contribution in [-0.4, -0.2) is 0 Å². The number of rotatable bonds is 8. The van der Waals surface area contributed by atoms with E-state index in [0.29, 0.717) is 0 Å². The van der Waals surface area contributed by atoms with Gasteiger partial charge < -0.3 is 0 Å². The van der Waals surface area contributed by atoms with Gasteiger partial charge in [0.2, 0.25) is 0 Å². The predicted molar refractivity (Wildman–Crippen MR) is 153 cm³/mol. The van der Waals surface area contributed by atoms with Crippen molar-refractivity contribution in [2.45, 2.75) is 144 Å². The van der Waals surface area contributed by atoms with Gasteiger partial charge in [0.1, 0.15) is 0 Å². The molecule has 0 unspecified atom stereocenters. The monoisotopic (exact) mass is 455 g/mol. The molecule has 0 aromatic rings. The Hall–Kier alpha value is 0. The van der Waals surface area contributed by atoms with E-state index in [4.69, 9.17) is 0 Å². The van der Waals surface area contributed by atoms with E-state index in [2.05, 4.69) is 125 Å². The van der Waals surface area contributed by atoms with Crippen molar-refractivity contribution in [2.24, 2.45) is 64.6 Å². The van der Waals surface area contributed by atoms with E-state index < -0.39 is 0 Å². The van der Waals surface area contributed by atoms with Crippen LogP contribution >= 0.6 is 0 Å². The zero-order valence-corrected chi connectivity index (χ0v) is 26.4. The van der Waals surface area contributed by atoms with E-state index in [1.165, 1.54) is 19.3 Å². The van der Waals surface area contributed by atoms with Gasteiger partial charge in [-0.2, -0.15) is 0 Å². The van der Waals surface area contributed by atoms with Crippen LogP contribution in [0.2, 0.25) is 0 Å². The van der Waals surface area contributed by atoms with Crippen LogP contribution in [0.5, 0.6) is 0 Å². The van der Waals surface area contributed by atoms with Crippen LogP contribution < -0.4 is 0 Å². The highest BCUT2D eigenvalue weighted by molar-refractivity contribution is 4.97. The topological polar surface area (TPSA) is 0 Å². The Bertz CT molecular complexity index is 340. The van der Waals surface area contributed by atoms with E-state index in [9.17, 15) is 0 Å². The minimum absolute atomic E-state index is 0.750. The Morgan fingerprint density at radius 3 is 0.625 bits per heavy atom. The average Bonchev–Trinajstić information content (AvgIpc) is 3.42. The summed E-state index contributed by atoms with van der Waals surface area (Å²) in [4.78, 5) is 0. The van der Waals surface area contributed by atoms with Crippen molar-refractivity contribution in [3.63, 3.8) is 0 Å². The van der Waals surface area contributed by atoms with Crippen LogP contribution in [0.15, 0.2) is 0 Å². The Balaban J connectivity index is -0.000000352. The summed E-state index contributed by atoms with van der Waals surface area (Å²) in [5.41, 5.74) is 0.750. The molecule has 1 aliphatic rings. The smallest absolute Gasteiger partial charge is 0.0251 e. The normalized spacial score (nSPS) is 15.0. The summed E-state index contributed by atoms with van der Waals surface area (Å²) in [5.74, 6) is 8.66. The third-order valence-corrected chi connectivity index (χ3v) is 8.28. The van der Waals surface area contributed by atoms with Gasteiger partial charge in [-0.25, -0.2) is 0 Å². The first-order valence-corrected chi connectivity index (χ1v) is 14.3. The third kappa shape index (κ3) is 18.4. The molecular weight excluding hydrogens is 384 g/mol. The largest absolute Gasteiger partial charge is 0.0628 e. The maximum atomic E-state index is 2.35. The van der Waals surface area contributed by atoms with Gasteiger partial charge in [-0.1, -0.05) is 125 Å². The van der Waals surface area contributed by atoms with Crippen LogP contribution in [0.1, 0.15) is 144 Å². The maximum Gasteiger partial charge on any atom is -0.0251 e. The number of hydrogen-bond acceptors (Lipinski definition) is 0. The molecule has 1 aliphatic carbocycles. The Morgan fingerprint density at radius 1 is 0.406 bits per heavy atom. The molecule has 0 aliphatic heterocycles. The summed E-state index contributed by atoms with van der Waals surface area (Å²) in [6.07, 6.45) is 4.31. The Kier molecular flexibility index (Phi) is 21.0. The molecule has 0 heterocycles. The van der Waals surface area contributed by atoms with Crippen molar-refractivity contribution in [1.82, 2.24) is 0 Å². The fourth-order valence-electron chi connectivity index (χ4n) is 4.45. The molecule has 0 atom stereocenters. The van der Waals surface area contributed by atoms with Gasteiger partial charge in [-0.15, -0.1) is 0 Å². The standard InChI is InChI=1S/C9H18.2C8H18.C7H16/c1-7(2)9(5-6-9)8(3)4;2*1-6(2)8(5)7(3)4;1-6(2)5-7(3)4/h7-8H,5-6H2,1-4H3;2*6-8H,1-5H3;6-7H,5H2,1-4H3. The minimum atomic E-state index is 0.750. The predicted octanol–water partition coefficient (Wildman–Crippen LogP) is 11.6. The zero-order chi connectivity index (χ0) is 26.4. The summed E-state index contributed by atoms with van der Waals surface area (Å²) >= 11 is 0. The molecule has 0 aromatic carbocycles. The molecule has 32 heavy (non-hydrogen) atoms. The van der Waals surface area contributed by atoms with Gasteiger partial charge in [0.25, 0.3) is 0 Å². The molecule has 1 rings (SSSR count). The lowest BCUT2D eigenvalue weighted by atomic mass is 9.82. The second kappa shape index (κ2) is 18.3. The highest BCUT2D eigenvalue weighted by atomic mass is 14.5. The van der Waals surface area contributed by atoms with Crippen LogP contribution in [0.4, 0.5) is 0 Å². The lowest BCUT2D eigenvalue weighted by Crippen LogP contribution is -2.16. The Labute approximate surface area is 208 Å². The molecule has 0 N–H and O–H groups in total. The van der Waals surface area contributed by atoms with Gasteiger partial charge >= 0.3 is 0 Å². The SMILES string of the molecule is CC(C)C(C)C(C)C.CC(C)C(C)C(C)C.CC(C)C1(C(C)C)CC1.CC(C)CC(C)C. The van der Waals surface area contributed by atoms with Crippen molar-refractivity contribution in [2.75, 3.05) is 0 Å². The molecule has 1 saturated carbocycles. The van der Waals surface area contributed by atoms with Crippen LogP contribution in [-0.2, 0) is 0 Å². The minimum Gasteiger partial charge on any atom is -0.0628 e. The first-order valence-electron chi connectivity index (χ1n) is 14.3. The van der Waals surface area contributed by atoms with Crippen molar-refractivity contribution >= 4 is 0 Å². The van der Waals surface area contributed by atoms with E-state index in [1.54, 1.807) is 0 Å². The molecule has 0 aromatic heterocycles. The molecular formula is C32H70. The van der Waals surface area contributed by atoms with Gasteiger partial charge in [0.15, 0.2) is 0 Å². The van der Waals surface area contributed by atoms with E-state index in [-0.39, 0.29) is 0 Å². The molecule has 0 saturated heterocycles. The molecule has 0 spiro atoms. The van der Waals surface area contributed by atoms with Crippen molar-refractivity contribution in [3.05, 3.63) is 0 Å². The molecule has 0 heteroatoms. The summed E-state index contributed by atoms with van der Waals surface area (Å²) < 4.78 is 0. The molecule has 0 amide bonds. The van der Waals surface area contributed by atoms with Crippen LogP contribution in [0.3, 0.4) is 0 Å². The number of hydrogen-bond donors (Lipinski definition) is 0. The second-order valence-corrected chi connectivity index (χ2v) is 13.8. The van der Waals surface area contributed by atoms with Crippen molar-refractivity contribution in [3.8, 4) is 0 Å². The maximum absolute atomic E-state index is 2.35. The lowest BCUT2D eigenvalue weighted by Gasteiger charge is -2.23. The summed E-state index contributed by atoms with van der Waals surface area (Å²) in [7, 11) is 0. The highest BCUT2D eigenvalue weighted by Crippen LogP contribution is 2.57. The summed E-state index contributed by atoms with van der Waals surface area (Å²) in [6, 6.07) is 0. The Morgan fingerprint density at radius 2 is 0.625 bits per heavy atom. The quantitative estimate of drug-likeness (QED) is 0.342. The van der Waals surface area contributed by atoms with E-state index >= 15 is 0 Å². The lowest BCUT2D eigenvalue weighted by molar-refractivity contribution is 0.260. The first kappa shape index (κ1) is 36.6. The van der Waals surface area contributed by atoms with Crippen LogP contribution in [0.25, 0.3) is 0 Å². The van der Waals surface area contributed by atoms with E-state index in [1.807, 2.05) is 0 Å². The first-order chi connectivity index (χ1) is 14.3. The third-order valence-electron chi connectivity index (χ3n) is 8.28. The fourth-order valence-corrected chi connectivity index (χ4v) is 4.45. The van der Waals surface area contributed by atoms with Gasteiger partial charge in [-0.3, -0.25) is 0 Å². The highest BCUT2D eigenvalue weighted by Gasteiger charge is 2.47. The molecule has 0 bridgehead atoms. The van der Waals surface area contributed by atoms with Crippen LogP contribution in [0, 0.1) is 64.6 Å². The summed E-state index contributed by atoms with van der Waals surface area (Å²) in [6.45, 7) is 41.4. The molecule has 198 valence electrons. The second-order valence-electron chi connectivity index (χ2n) is 13.8. The van der Waals surface area contributed by atoms with Gasteiger partial charge in [0.05, 0.1) is 0 Å². The van der Waals surface area contributed by atoms with Crippen molar-refractivity contribution < 1.29 is 0 Å². The average molecular weight is 455 g/mol. The van der Waals surface area contributed by atoms with Crippen molar-refractivity contribution in [1.29, 1.82) is 0 Å². The molecule has 0 nitrogen and oxygen atoms in total.